The molecule has 1 amide bonds. The summed E-state index contributed by atoms with van der Waals surface area (Å²) < 4.78 is 5.38. The molecule has 1 atom stereocenters. The van der Waals surface area contributed by atoms with Gasteiger partial charge in [-0.1, -0.05) is 0 Å². The molecule has 1 aromatic heterocycles. The fourth-order valence-electron chi connectivity index (χ4n) is 2.10. The van der Waals surface area contributed by atoms with Crippen molar-refractivity contribution in [2.45, 2.75) is 45.7 Å². The van der Waals surface area contributed by atoms with Gasteiger partial charge in [-0.15, -0.1) is 0 Å². The lowest BCUT2D eigenvalue weighted by Crippen LogP contribution is -2.44. The van der Waals surface area contributed by atoms with E-state index >= 15 is 0 Å². The number of aryl methyl sites for hydroxylation is 2. The minimum atomic E-state index is -0.990. The Morgan fingerprint density at radius 1 is 1.44 bits per heavy atom. The standard InChI is InChI=1S/C13H17NO4/c1-7-6-8(2)18-11(7)12(15)14(10-4-5-10)9(3)13(16)17/h6,9-10H,4-5H2,1-3H3,(H,16,17). The third-order valence-corrected chi connectivity index (χ3v) is 3.18. The topological polar surface area (TPSA) is 70.8 Å². The van der Waals surface area contributed by atoms with Gasteiger partial charge in [-0.3, -0.25) is 4.79 Å². The first-order valence-corrected chi connectivity index (χ1v) is 6.04. The molecule has 0 radical (unpaired) electrons. The van der Waals surface area contributed by atoms with E-state index in [1.165, 1.54) is 11.8 Å². The zero-order chi connectivity index (χ0) is 13.4. The summed E-state index contributed by atoms with van der Waals surface area (Å²) in [5, 5.41) is 9.07. The summed E-state index contributed by atoms with van der Waals surface area (Å²) in [6, 6.07) is 0.993. The Hall–Kier alpha value is -1.78. The number of hydrogen-bond donors (Lipinski definition) is 1. The van der Waals surface area contributed by atoms with Gasteiger partial charge < -0.3 is 14.4 Å². The molecule has 0 aliphatic heterocycles. The van der Waals surface area contributed by atoms with Crippen LogP contribution < -0.4 is 0 Å². The van der Waals surface area contributed by atoms with Crippen LogP contribution in [0.2, 0.25) is 0 Å². The van der Waals surface area contributed by atoms with Crippen LogP contribution in [-0.2, 0) is 4.79 Å². The van der Waals surface area contributed by atoms with Crippen LogP contribution in [0.3, 0.4) is 0 Å². The van der Waals surface area contributed by atoms with Crippen molar-refractivity contribution < 1.29 is 19.1 Å². The van der Waals surface area contributed by atoms with Gasteiger partial charge in [-0.05, 0) is 39.7 Å². The second kappa shape index (κ2) is 4.48. The average molecular weight is 251 g/mol. The Balaban J connectivity index is 2.29. The maximum atomic E-state index is 12.4. The molecule has 5 heteroatoms. The first kappa shape index (κ1) is 12.7. The van der Waals surface area contributed by atoms with Gasteiger partial charge in [0.05, 0.1) is 0 Å². The van der Waals surface area contributed by atoms with Crippen LogP contribution in [0.4, 0.5) is 0 Å². The number of amides is 1. The van der Waals surface area contributed by atoms with Crippen LogP contribution in [0.1, 0.15) is 41.6 Å². The zero-order valence-corrected chi connectivity index (χ0v) is 10.8. The van der Waals surface area contributed by atoms with E-state index in [0.717, 1.165) is 18.4 Å². The van der Waals surface area contributed by atoms with Gasteiger partial charge in [0.2, 0.25) is 0 Å². The van der Waals surface area contributed by atoms with Crippen LogP contribution in [0.5, 0.6) is 0 Å². The molecular formula is C13H17NO4. The van der Waals surface area contributed by atoms with Crippen molar-refractivity contribution in [1.29, 1.82) is 0 Å². The first-order valence-electron chi connectivity index (χ1n) is 6.04. The number of rotatable bonds is 4. The third-order valence-electron chi connectivity index (χ3n) is 3.18. The molecule has 1 aromatic rings. The lowest BCUT2D eigenvalue weighted by Gasteiger charge is -2.25. The molecule has 0 saturated heterocycles. The van der Waals surface area contributed by atoms with E-state index in [4.69, 9.17) is 9.52 Å². The highest BCUT2D eigenvalue weighted by molar-refractivity contribution is 5.95. The van der Waals surface area contributed by atoms with Crippen molar-refractivity contribution in [2.75, 3.05) is 0 Å². The zero-order valence-electron chi connectivity index (χ0n) is 10.8. The normalized spacial score (nSPS) is 16.4. The van der Waals surface area contributed by atoms with E-state index in [-0.39, 0.29) is 17.7 Å². The van der Waals surface area contributed by atoms with E-state index in [9.17, 15) is 9.59 Å². The monoisotopic (exact) mass is 251 g/mol. The first-order chi connectivity index (χ1) is 8.41. The van der Waals surface area contributed by atoms with Crippen molar-refractivity contribution in [2.24, 2.45) is 0 Å². The quantitative estimate of drug-likeness (QED) is 0.888. The maximum absolute atomic E-state index is 12.4. The number of carbonyl (C=O) groups is 2. The highest BCUT2D eigenvalue weighted by Crippen LogP contribution is 2.31. The molecule has 0 aromatic carbocycles. The summed E-state index contributed by atoms with van der Waals surface area (Å²) in [5.74, 6) is -0.392. The highest BCUT2D eigenvalue weighted by atomic mass is 16.4. The Morgan fingerprint density at radius 2 is 2.06 bits per heavy atom. The van der Waals surface area contributed by atoms with Crippen LogP contribution in [-0.4, -0.2) is 34.0 Å². The van der Waals surface area contributed by atoms with Crippen LogP contribution in [0.15, 0.2) is 10.5 Å². The fourth-order valence-corrected chi connectivity index (χ4v) is 2.10. The largest absolute Gasteiger partial charge is 0.480 e. The Bertz CT molecular complexity index is 487. The predicted octanol–water partition coefficient (Wildman–Crippen LogP) is 1.97. The van der Waals surface area contributed by atoms with Crippen LogP contribution in [0, 0.1) is 13.8 Å². The molecule has 0 bridgehead atoms. The Kier molecular flexibility index (Phi) is 3.15. The minimum Gasteiger partial charge on any atom is -0.480 e. The van der Waals surface area contributed by atoms with Crippen LogP contribution in [0.25, 0.3) is 0 Å². The van der Waals surface area contributed by atoms with Gasteiger partial charge in [-0.2, -0.15) is 0 Å². The number of aliphatic carboxylic acids is 1. The number of carboxylic acid groups (broad SMARTS) is 1. The van der Waals surface area contributed by atoms with E-state index in [1.807, 2.05) is 0 Å². The minimum absolute atomic E-state index is 0.0356. The third kappa shape index (κ3) is 2.25. The molecule has 5 nitrogen and oxygen atoms in total. The van der Waals surface area contributed by atoms with Crippen molar-refractivity contribution >= 4 is 11.9 Å². The van der Waals surface area contributed by atoms with Gasteiger partial charge in [0, 0.05) is 11.6 Å². The molecule has 1 fully saturated rings. The smallest absolute Gasteiger partial charge is 0.326 e. The lowest BCUT2D eigenvalue weighted by atomic mass is 10.2. The molecule has 2 rings (SSSR count). The maximum Gasteiger partial charge on any atom is 0.326 e. The molecule has 1 aliphatic carbocycles. The van der Waals surface area contributed by atoms with Gasteiger partial charge >= 0.3 is 5.97 Å². The Morgan fingerprint density at radius 3 is 2.44 bits per heavy atom. The SMILES string of the molecule is Cc1cc(C)c(C(=O)N(C2CC2)C(C)C(=O)O)o1. The van der Waals surface area contributed by atoms with Crippen molar-refractivity contribution in [1.82, 2.24) is 4.90 Å². The summed E-state index contributed by atoms with van der Waals surface area (Å²) in [6.45, 7) is 5.09. The summed E-state index contributed by atoms with van der Waals surface area (Å²) in [5.41, 5.74) is 0.751. The molecule has 1 heterocycles. The highest BCUT2D eigenvalue weighted by Gasteiger charge is 2.40. The predicted molar refractivity (Wildman–Crippen MR) is 64.5 cm³/mol. The lowest BCUT2D eigenvalue weighted by molar-refractivity contribution is -0.141. The van der Waals surface area contributed by atoms with E-state index in [2.05, 4.69) is 0 Å². The number of hydrogen-bond acceptors (Lipinski definition) is 3. The summed E-state index contributed by atoms with van der Waals surface area (Å²) in [4.78, 5) is 24.9. The van der Waals surface area contributed by atoms with Gasteiger partial charge in [0.15, 0.2) is 5.76 Å². The summed E-state index contributed by atoms with van der Waals surface area (Å²) in [6.07, 6.45) is 1.73. The van der Waals surface area contributed by atoms with Crippen molar-refractivity contribution in [3.05, 3.63) is 23.2 Å². The van der Waals surface area contributed by atoms with E-state index in [0.29, 0.717) is 5.76 Å². The molecule has 1 N–H and O–H groups in total. The van der Waals surface area contributed by atoms with Gasteiger partial charge in [0.25, 0.3) is 5.91 Å². The number of carboxylic acids is 1. The molecule has 0 spiro atoms. The molecule has 1 saturated carbocycles. The van der Waals surface area contributed by atoms with E-state index < -0.39 is 12.0 Å². The van der Waals surface area contributed by atoms with Crippen LogP contribution >= 0.6 is 0 Å². The summed E-state index contributed by atoms with van der Waals surface area (Å²) >= 11 is 0. The molecule has 1 unspecified atom stereocenters. The average Bonchev–Trinajstić information content (AvgIpc) is 3.04. The fraction of sp³-hybridized carbons (Fsp3) is 0.538. The molecule has 98 valence electrons. The molecule has 18 heavy (non-hydrogen) atoms. The Labute approximate surface area is 105 Å². The summed E-state index contributed by atoms with van der Waals surface area (Å²) in [7, 11) is 0. The van der Waals surface area contributed by atoms with Crippen molar-refractivity contribution in [3.63, 3.8) is 0 Å². The second-order valence-corrected chi connectivity index (χ2v) is 4.83. The molecular weight excluding hydrogens is 234 g/mol. The van der Waals surface area contributed by atoms with Crippen molar-refractivity contribution in [3.8, 4) is 0 Å². The molecule has 1 aliphatic rings. The number of furan rings is 1. The number of carbonyl (C=O) groups excluding carboxylic acids is 1. The second-order valence-electron chi connectivity index (χ2n) is 4.83. The van der Waals surface area contributed by atoms with Gasteiger partial charge in [0.1, 0.15) is 11.8 Å². The van der Waals surface area contributed by atoms with E-state index in [1.54, 1.807) is 19.9 Å². The van der Waals surface area contributed by atoms with Gasteiger partial charge in [-0.25, -0.2) is 4.79 Å². The number of nitrogens with zero attached hydrogens (tertiary/aromatic N) is 1.